The molecule has 1 N–H and O–H groups in total. The number of halogens is 3. The Kier molecular flexibility index (Phi) is 3.01. The van der Waals surface area contributed by atoms with Gasteiger partial charge in [0.15, 0.2) is 5.83 Å². The van der Waals surface area contributed by atoms with Gasteiger partial charge in [-0.3, -0.25) is 0 Å². The van der Waals surface area contributed by atoms with Crippen molar-refractivity contribution >= 4 is 0 Å². The highest BCUT2D eigenvalue weighted by Gasteiger charge is 2.11. The van der Waals surface area contributed by atoms with E-state index < -0.39 is 18.0 Å². The summed E-state index contributed by atoms with van der Waals surface area (Å²) in [7, 11) is 0. The Hall–Kier alpha value is -0.770. The van der Waals surface area contributed by atoms with Crippen LogP contribution in [0.4, 0.5) is 13.2 Å². The largest absolute Gasteiger partial charge is 0.382 e. The third kappa shape index (κ3) is 2.32. The van der Waals surface area contributed by atoms with Gasteiger partial charge in [-0.25, -0.2) is 4.39 Å². The van der Waals surface area contributed by atoms with Gasteiger partial charge in [-0.1, -0.05) is 6.08 Å². The van der Waals surface area contributed by atoms with Crippen LogP contribution >= 0.6 is 0 Å². The van der Waals surface area contributed by atoms with E-state index in [0.29, 0.717) is 6.08 Å². The van der Waals surface area contributed by atoms with Crippen LogP contribution in [-0.2, 0) is 0 Å². The first kappa shape index (κ1) is 8.23. The molecule has 0 bridgehead atoms. The Bertz CT molecular complexity index is 137. The summed E-state index contributed by atoms with van der Waals surface area (Å²) in [4.78, 5) is 0. The van der Waals surface area contributed by atoms with Crippen LogP contribution in [0.5, 0.6) is 0 Å². The van der Waals surface area contributed by atoms with Crippen LogP contribution in [0.25, 0.3) is 0 Å². The van der Waals surface area contributed by atoms with Gasteiger partial charge in [0.1, 0.15) is 6.10 Å². The highest BCUT2D eigenvalue weighted by atomic mass is 19.3. The van der Waals surface area contributed by atoms with Gasteiger partial charge in [-0.2, -0.15) is 8.78 Å². The second kappa shape index (κ2) is 3.29. The van der Waals surface area contributed by atoms with Gasteiger partial charge in [0, 0.05) is 0 Å². The average molecular weight is 138 g/mol. The van der Waals surface area contributed by atoms with Gasteiger partial charge < -0.3 is 5.11 Å². The first-order valence-electron chi connectivity index (χ1n) is 2.11. The third-order valence-electron chi connectivity index (χ3n) is 0.663. The van der Waals surface area contributed by atoms with Crippen LogP contribution < -0.4 is 0 Å². The van der Waals surface area contributed by atoms with Crippen LogP contribution in [0.1, 0.15) is 0 Å². The SMILES string of the molecule is C=CC(O)C(F)=C(F)F. The number of hydrogen-bond donors (Lipinski definition) is 1. The highest BCUT2D eigenvalue weighted by molar-refractivity contribution is 5.05. The molecule has 0 aromatic carbocycles. The van der Waals surface area contributed by atoms with Crippen molar-refractivity contribution < 1.29 is 18.3 Å². The first-order chi connectivity index (χ1) is 4.09. The topological polar surface area (TPSA) is 20.2 Å². The zero-order valence-corrected chi connectivity index (χ0v) is 4.44. The van der Waals surface area contributed by atoms with E-state index in [1.165, 1.54) is 0 Å². The van der Waals surface area contributed by atoms with Crippen LogP contribution in [0.3, 0.4) is 0 Å². The lowest BCUT2D eigenvalue weighted by Gasteiger charge is -1.97. The van der Waals surface area contributed by atoms with E-state index in [-0.39, 0.29) is 0 Å². The maximum atomic E-state index is 11.7. The van der Waals surface area contributed by atoms with Crippen molar-refractivity contribution in [1.82, 2.24) is 0 Å². The van der Waals surface area contributed by atoms with Crippen LogP contribution in [0, 0.1) is 0 Å². The quantitative estimate of drug-likeness (QED) is 0.574. The first-order valence-corrected chi connectivity index (χ1v) is 2.11. The zero-order valence-electron chi connectivity index (χ0n) is 4.44. The van der Waals surface area contributed by atoms with Crippen molar-refractivity contribution in [2.24, 2.45) is 0 Å². The lowest BCUT2D eigenvalue weighted by molar-refractivity contribution is 0.210. The fraction of sp³-hybridized carbons (Fsp3) is 0.200. The van der Waals surface area contributed by atoms with Crippen molar-refractivity contribution in [2.45, 2.75) is 6.10 Å². The Balaban J connectivity index is 4.19. The lowest BCUT2D eigenvalue weighted by atomic mass is 10.3. The van der Waals surface area contributed by atoms with Gasteiger partial charge in [-0.05, 0) is 0 Å². The Morgan fingerprint density at radius 2 is 1.89 bits per heavy atom. The molecule has 0 aliphatic heterocycles. The monoisotopic (exact) mass is 138 g/mol. The molecule has 0 radical (unpaired) electrons. The molecule has 0 aromatic heterocycles. The fourth-order valence-electron chi connectivity index (χ4n) is 0.215. The van der Waals surface area contributed by atoms with Gasteiger partial charge in [0.25, 0.3) is 0 Å². The molecule has 0 aromatic rings. The average Bonchev–Trinajstić information content (AvgIpc) is 1.84. The Morgan fingerprint density at radius 3 is 2.00 bits per heavy atom. The van der Waals surface area contributed by atoms with Crippen LogP contribution in [0.15, 0.2) is 24.6 Å². The molecular weight excluding hydrogens is 133 g/mol. The van der Waals surface area contributed by atoms with Crippen LogP contribution in [-0.4, -0.2) is 11.2 Å². The summed E-state index contributed by atoms with van der Waals surface area (Å²) >= 11 is 0. The van der Waals surface area contributed by atoms with Crippen molar-refractivity contribution in [3.8, 4) is 0 Å². The van der Waals surface area contributed by atoms with Crippen molar-refractivity contribution in [1.29, 1.82) is 0 Å². The summed E-state index contributed by atoms with van der Waals surface area (Å²) in [5.41, 5.74) is 0. The van der Waals surface area contributed by atoms with E-state index >= 15 is 0 Å². The Morgan fingerprint density at radius 1 is 1.44 bits per heavy atom. The molecule has 0 amide bonds. The molecule has 1 atom stereocenters. The van der Waals surface area contributed by atoms with Crippen molar-refractivity contribution in [2.75, 3.05) is 0 Å². The zero-order chi connectivity index (χ0) is 7.44. The van der Waals surface area contributed by atoms with Gasteiger partial charge >= 0.3 is 6.08 Å². The molecule has 1 unspecified atom stereocenters. The minimum atomic E-state index is -2.51. The van der Waals surface area contributed by atoms with E-state index in [1.807, 2.05) is 0 Å². The minimum Gasteiger partial charge on any atom is -0.382 e. The summed E-state index contributed by atoms with van der Waals surface area (Å²) in [6.07, 6.45) is -3.72. The summed E-state index contributed by atoms with van der Waals surface area (Å²) < 4.78 is 34.1. The number of aliphatic hydroxyl groups is 1. The molecular formula is C5H5F3O. The highest BCUT2D eigenvalue weighted by Crippen LogP contribution is 2.13. The third-order valence-corrected chi connectivity index (χ3v) is 0.663. The lowest BCUT2D eigenvalue weighted by Crippen LogP contribution is -2.02. The van der Waals surface area contributed by atoms with Gasteiger partial charge in [-0.15, -0.1) is 6.58 Å². The van der Waals surface area contributed by atoms with Gasteiger partial charge in [0.2, 0.25) is 0 Å². The van der Waals surface area contributed by atoms with Crippen molar-refractivity contribution in [3.63, 3.8) is 0 Å². The molecule has 0 saturated carbocycles. The summed E-state index contributed by atoms with van der Waals surface area (Å²) in [6, 6.07) is 0. The predicted octanol–water partition coefficient (Wildman–Crippen LogP) is 1.61. The molecule has 0 aliphatic carbocycles. The number of rotatable bonds is 2. The normalized spacial score (nSPS) is 12.4. The Labute approximate surface area is 50.1 Å². The molecule has 9 heavy (non-hydrogen) atoms. The molecule has 1 nitrogen and oxygen atoms in total. The second-order valence-corrected chi connectivity index (χ2v) is 1.29. The maximum absolute atomic E-state index is 11.7. The fourth-order valence-corrected chi connectivity index (χ4v) is 0.215. The second-order valence-electron chi connectivity index (χ2n) is 1.29. The summed E-state index contributed by atoms with van der Waals surface area (Å²) in [5, 5.41) is 8.27. The summed E-state index contributed by atoms with van der Waals surface area (Å²) in [5.74, 6) is -1.84. The molecule has 0 spiro atoms. The molecule has 0 aliphatic rings. The minimum absolute atomic E-state index is 0.675. The van der Waals surface area contributed by atoms with E-state index in [2.05, 4.69) is 6.58 Å². The predicted molar refractivity (Wildman–Crippen MR) is 26.6 cm³/mol. The van der Waals surface area contributed by atoms with E-state index in [4.69, 9.17) is 5.11 Å². The maximum Gasteiger partial charge on any atom is 0.304 e. The standard InChI is InChI=1S/C5H5F3O/c1-2-3(9)4(6)5(7)8/h2-3,9H,1H2. The van der Waals surface area contributed by atoms with Gasteiger partial charge in [0.05, 0.1) is 0 Å². The van der Waals surface area contributed by atoms with E-state index in [0.717, 1.165) is 0 Å². The molecule has 0 fully saturated rings. The number of hydrogen-bond acceptors (Lipinski definition) is 1. The van der Waals surface area contributed by atoms with E-state index in [9.17, 15) is 13.2 Å². The van der Waals surface area contributed by atoms with E-state index in [1.54, 1.807) is 0 Å². The van der Waals surface area contributed by atoms with Crippen molar-refractivity contribution in [3.05, 3.63) is 24.6 Å². The molecule has 0 rings (SSSR count). The van der Waals surface area contributed by atoms with Crippen LogP contribution in [0.2, 0.25) is 0 Å². The molecule has 0 saturated heterocycles. The molecule has 4 heteroatoms. The molecule has 52 valence electrons. The number of aliphatic hydroxyl groups excluding tert-OH is 1. The summed E-state index contributed by atoms with van der Waals surface area (Å²) in [6.45, 7) is 2.91. The smallest absolute Gasteiger partial charge is 0.304 e. The molecule has 0 heterocycles.